The molecule has 0 unspecified atom stereocenters. The highest BCUT2D eigenvalue weighted by molar-refractivity contribution is 8.00. The smallest absolute Gasteiger partial charge is 0.235 e. The van der Waals surface area contributed by atoms with Crippen LogP contribution in [0.25, 0.3) is 11.4 Å². The van der Waals surface area contributed by atoms with E-state index in [-0.39, 0.29) is 11.2 Å². The van der Waals surface area contributed by atoms with Gasteiger partial charge in [-0.05, 0) is 19.8 Å². The van der Waals surface area contributed by atoms with Crippen LogP contribution >= 0.6 is 11.8 Å². The summed E-state index contributed by atoms with van der Waals surface area (Å²) in [5, 5.41) is 7.63. The first-order chi connectivity index (χ1) is 11.6. The third-order valence-corrected chi connectivity index (χ3v) is 5.56. The fraction of sp³-hybridized carbons (Fsp3) is 0.500. The summed E-state index contributed by atoms with van der Waals surface area (Å²) >= 11 is 1.41. The molecule has 1 aromatic carbocycles. The molecular weight excluding hydrogens is 320 g/mol. The summed E-state index contributed by atoms with van der Waals surface area (Å²) in [5.74, 6) is 0.899. The Kier molecular flexibility index (Phi) is 5.56. The van der Waals surface area contributed by atoms with Gasteiger partial charge in [-0.1, -0.05) is 61.4 Å². The lowest BCUT2D eigenvalue weighted by Gasteiger charge is -2.32. The Bertz CT molecular complexity index is 667. The molecule has 1 heterocycles. The normalized spacial score (nSPS) is 16.8. The second-order valence-corrected chi connectivity index (χ2v) is 7.64. The zero-order valence-corrected chi connectivity index (χ0v) is 15.1. The van der Waals surface area contributed by atoms with E-state index in [0.29, 0.717) is 11.2 Å². The molecule has 1 N–H and O–H groups in total. The molecule has 0 aliphatic heterocycles. The fourth-order valence-electron chi connectivity index (χ4n) is 3.17. The van der Waals surface area contributed by atoms with Gasteiger partial charge in [0.05, 0.1) is 5.25 Å². The molecule has 1 aliphatic rings. The molecule has 1 amide bonds. The van der Waals surface area contributed by atoms with E-state index in [4.69, 9.17) is 0 Å². The maximum Gasteiger partial charge on any atom is 0.235 e. The fourth-order valence-corrected chi connectivity index (χ4v) is 3.99. The van der Waals surface area contributed by atoms with Gasteiger partial charge in [-0.2, -0.15) is 0 Å². The summed E-state index contributed by atoms with van der Waals surface area (Å²) in [6, 6.07) is 10.3. The lowest BCUT2D eigenvalue weighted by molar-refractivity contribution is -0.131. The van der Waals surface area contributed by atoms with Crippen LogP contribution in [-0.2, 0) is 4.79 Å². The van der Waals surface area contributed by atoms with Crippen molar-refractivity contribution in [2.75, 3.05) is 7.05 Å². The number of nitrogens with one attached hydrogen (secondary N) is 1. The van der Waals surface area contributed by atoms with Gasteiger partial charge in [0.15, 0.2) is 5.82 Å². The monoisotopic (exact) mass is 344 g/mol. The summed E-state index contributed by atoms with van der Waals surface area (Å²) in [6.45, 7) is 1.94. The molecule has 1 fully saturated rings. The largest absolute Gasteiger partial charge is 0.342 e. The second kappa shape index (κ2) is 7.83. The Balaban J connectivity index is 1.61. The Labute approximate surface area is 147 Å². The lowest BCUT2D eigenvalue weighted by atomic mass is 9.94. The van der Waals surface area contributed by atoms with Crippen molar-refractivity contribution in [1.29, 1.82) is 0 Å². The minimum atomic E-state index is -0.184. The van der Waals surface area contributed by atoms with Crippen LogP contribution in [0.1, 0.15) is 39.0 Å². The molecule has 5 nitrogen and oxygen atoms in total. The molecule has 0 bridgehead atoms. The van der Waals surface area contributed by atoms with E-state index < -0.39 is 0 Å². The number of aromatic amines is 1. The molecule has 1 saturated carbocycles. The minimum absolute atomic E-state index is 0.165. The summed E-state index contributed by atoms with van der Waals surface area (Å²) in [7, 11) is 1.93. The predicted octanol–water partition coefficient (Wildman–Crippen LogP) is 3.74. The van der Waals surface area contributed by atoms with Crippen LogP contribution in [0.15, 0.2) is 35.5 Å². The molecule has 128 valence electrons. The van der Waals surface area contributed by atoms with Crippen LogP contribution in [-0.4, -0.2) is 44.3 Å². The summed E-state index contributed by atoms with van der Waals surface area (Å²) < 4.78 is 0. The molecule has 1 atom stereocenters. The van der Waals surface area contributed by atoms with Gasteiger partial charge in [0.25, 0.3) is 0 Å². The highest BCUT2D eigenvalue weighted by atomic mass is 32.2. The van der Waals surface area contributed by atoms with E-state index in [2.05, 4.69) is 15.2 Å². The number of hydrogen-bond donors (Lipinski definition) is 1. The first-order valence-electron chi connectivity index (χ1n) is 8.56. The van der Waals surface area contributed by atoms with E-state index in [0.717, 1.165) is 24.2 Å². The number of hydrogen-bond acceptors (Lipinski definition) is 4. The Morgan fingerprint density at radius 1 is 1.25 bits per heavy atom. The third kappa shape index (κ3) is 3.98. The first-order valence-corrected chi connectivity index (χ1v) is 9.44. The molecular formula is C18H24N4OS. The molecule has 1 aromatic heterocycles. The molecule has 0 saturated heterocycles. The van der Waals surface area contributed by atoms with Gasteiger partial charge in [-0.25, -0.2) is 4.98 Å². The molecule has 24 heavy (non-hydrogen) atoms. The van der Waals surface area contributed by atoms with Gasteiger partial charge in [0, 0.05) is 18.7 Å². The number of thioether (sulfide) groups is 1. The van der Waals surface area contributed by atoms with E-state index in [9.17, 15) is 4.79 Å². The molecule has 6 heteroatoms. The van der Waals surface area contributed by atoms with Gasteiger partial charge in [-0.3, -0.25) is 9.89 Å². The van der Waals surface area contributed by atoms with Crippen LogP contribution in [0.3, 0.4) is 0 Å². The van der Waals surface area contributed by atoms with E-state index in [1.807, 2.05) is 49.2 Å². The molecule has 3 rings (SSSR count). The van der Waals surface area contributed by atoms with Crippen molar-refractivity contribution in [2.45, 2.75) is 55.5 Å². The van der Waals surface area contributed by atoms with Crippen LogP contribution in [0.5, 0.6) is 0 Å². The van der Waals surface area contributed by atoms with Gasteiger partial charge in [0.2, 0.25) is 11.1 Å². The van der Waals surface area contributed by atoms with E-state index >= 15 is 0 Å². The Hall–Kier alpha value is -1.82. The summed E-state index contributed by atoms with van der Waals surface area (Å²) in [6.07, 6.45) is 6.00. The van der Waals surface area contributed by atoms with Crippen LogP contribution in [0.2, 0.25) is 0 Å². The van der Waals surface area contributed by atoms with Crippen molar-refractivity contribution in [1.82, 2.24) is 20.1 Å². The third-order valence-electron chi connectivity index (χ3n) is 4.61. The number of carbonyl (C=O) groups is 1. The topological polar surface area (TPSA) is 61.9 Å². The van der Waals surface area contributed by atoms with Crippen molar-refractivity contribution in [3.8, 4) is 11.4 Å². The minimum Gasteiger partial charge on any atom is -0.342 e. The molecule has 2 aromatic rings. The standard InChI is InChI=1S/C18H24N4OS/c1-13(17(23)22(2)15-11-7-4-8-12-15)24-18-19-16(20-21-18)14-9-5-3-6-10-14/h3,5-6,9-10,13,15H,4,7-8,11-12H2,1-2H3,(H,19,20,21)/t13-/m0/s1. The highest BCUT2D eigenvalue weighted by Gasteiger charge is 2.26. The van der Waals surface area contributed by atoms with Crippen molar-refractivity contribution < 1.29 is 4.79 Å². The van der Waals surface area contributed by atoms with Crippen LogP contribution in [0.4, 0.5) is 0 Å². The first kappa shape index (κ1) is 17.0. The Morgan fingerprint density at radius 3 is 2.67 bits per heavy atom. The van der Waals surface area contributed by atoms with Crippen LogP contribution in [0, 0.1) is 0 Å². The second-order valence-electron chi connectivity index (χ2n) is 6.33. The number of aromatic nitrogens is 3. The van der Waals surface area contributed by atoms with Crippen molar-refractivity contribution in [3.05, 3.63) is 30.3 Å². The average Bonchev–Trinajstić information content (AvgIpc) is 3.10. The number of benzene rings is 1. The van der Waals surface area contributed by atoms with E-state index in [1.54, 1.807) is 0 Å². The lowest BCUT2D eigenvalue weighted by Crippen LogP contribution is -2.42. The summed E-state index contributed by atoms with van der Waals surface area (Å²) in [4.78, 5) is 19.1. The van der Waals surface area contributed by atoms with Gasteiger partial charge in [-0.15, -0.1) is 5.10 Å². The maximum absolute atomic E-state index is 12.7. The van der Waals surface area contributed by atoms with Crippen molar-refractivity contribution in [3.63, 3.8) is 0 Å². The zero-order valence-electron chi connectivity index (χ0n) is 14.2. The van der Waals surface area contributed by atoms with Crippen molar-refractivity contribution >= 4 is 17.7 Å². The van der Waals surface area contributed by atoms with Gasteiger partial charge in [0.1, 0.15) is 0 Å². The average molecular weight is 344 g/mol. The SMILES string of the molecule is C[C@H](Sc1n[nH]c(-c2ccccc2)n1)C(=O)N(C)C1CCCCC1. The predicted molar refractivity (Wildman–Crippen MR) is 96.8 cm³/mol. The number of amides is 1. The van der Waals surface area contributed by atoms with Gasteiger partial charge >= 0.3 is 0 Å². The quantitative estimate of drug-likeness (QED) is 0.839. The Morgan fingerprint density at radius 2 is 1.96 bits per heavy atom. The number of H-pyrrole nitrogens is 1. The maximum atomic E-state index is 12.7. The number of rotatable bonds is 5. The van der Waals surface area contributed by atoms with E-state index in [1.165, 1.54) is 31.0 Å². The zero-order chi connectivity index (χ0) is 16.9. The van der Waals surface area contributed by atoms with Crippen molar-refractivity contribution in [2.24, 2.45) is 0 Å². The summed E-state index contributed by atoms with van der Waals surface area (Å²) in [5.41, 5.74) is 0.996. The molecule has 0 radical (unpaired) electrons. The number of nitrogens with zero attached hydrogens (tertiary/aromatic N) is 3. The van der Waals surface area contributed by atoms with Gasteiger partial charge < -0.3 is 4.90 Å². The molecule has 1 aliphatic carbocycles. The highest BCUT2D eigenvalue weighted by Crippen LogP contribution is 2.26. The number of carbonyl (C=O) groups excluding carboxylic acids is 1. The molecule has 0 spiro atoms. The van der Waals surface area contributed by atoms with Crippen LogP contribution < -0.4 is 0 Å².